The first-order chi connectivity index (χ1) is 3.72. The lowest BCUT2D eigenvalue weighted by Gasteiger charge is -2.09. The summed E-state index contributed by atoms with van der Waals surface area (Å²) in [5.74, 6) is 0.315. The highest BCUT2D eigenvalue weighted by Crippen LogP contribution is 2.21. The summed E-state index contributed by atoms with van der Waals surface area (Å²) in [6, 6.07) is 0. The van der Waals surface area contributed by atoms with Crippen LogP contribution in [0.5, 0.6) is 0 Å². The molecular formula is C6H12O2. The molecule has 3 atom stereocenters. The molecule has 1 fully saturated rings. The molecule has 1 aliphatic heterocycles. The number of aliphatic hydroxyl groups excluding tert-OH is 1. The Bertz CT molecular complexity index is 74.6. The first-order valence-corrected chi connectivity index (χ1v) is 3.01. The first kappa shape index (κ1) is 6.05. The van der Waals surface area contributed by atoms with Crippen LogP contribution < -0.4 is 0 Å². The van der Waals surface area contributed by atoms with E-state index < -0.39 is 0 Å². The molecule has 0 aliphatic carbocycles. The Labute approximate surface area is 49.5 Å². The fourth-order valence-corrected chi connectivity index (χ4v) is 0.670. The maximum absolute atomic E-state index is 8.95. The predicted molar refractivity (Wildman–Crippen MR) is 30.6 cm³/mol. The van der Waals surface area contributed by atoms with Crippen LogP contribution in [0.1, 0.15) is 13.8 Å². The maximum atomic E-state index is 8.95. The molecule has 0 aromatic carbocycles. The Morgan fingerprint density at radius 3 is 2.25 bits per heavy atom. The molecule has 2 nitrogen and oxygen atoms in total. The van der Waals surface area contributed by atoms with E-state index >= 15 is 0 Å². The second-order valence-corrected chi connectivity index (χ2v) is 2.47. The third-order valence-corrected chi connectivity index (χ3v) is 1.71. The summed E-state index contributed by atoms with van der Waals surface area (Å²) in [6.45, 7) is 4.64. The van der Waals surface area contributed by atoms with Crippen LogP contribution in [-0.2, 0) is 4.74 Å². The molecule has 1 heterocycles. The van der Waals surface area contributed by atoms with Gasteiger partial charge in [-0.05, 0) is 6.92 Å². The number of rotatable bonds is 2. The summed E-state index contributed by atoms with van der Waals surface area (Å²) in [4.78, 5) is 0. The van der Waals surface area contributed by atoms with Crippen molar-refractivity contribution >= 4 is 0 Å². The fourth-order valence-electron chi connectivity index (χ4n) is 0.670. The molecule has 0 aromatic rings. The van der Waals surface area contributed by atoms with E-state index in [1.165, 1.54) is 0 Å². The van der Waals surface area contributed by atoms with Crippen LogP contribution in [0.2, 0.25) is 0 Å². The molecule has 0 unspecified atom stereocenters. The van der Waals surface area contributed by atoms with Gasteiger partial charge < -0.3 is 9.84 Å². The molecule has 0 radical (unpaired) electrons. The average molecular weight is 116 g/mol. The summed E-state index contributed by atoms with van der Waals surface area (Å²) in [7, 11) is 0. The molecule has 0 spiro atoms. The number of ether oxygens (including phenoxy) is 1. The van der Waals surface area contributed by atoms with Gasteiger partial charge in [-0.3, -0.25) is 0 Å². The summed E-state index contributed by atoms with van der Waals surface area (Å²) in [6.07, 6.45) is 0.123. The third kappa shape index (κ3) is 1.20. The monoisotopic (exact) mass is 116 g/mol. The smallest absolute Gasteiger partial charge is 0.0859 e. The van der Waals surface area contributed by atoms with Crippen molar-refractivity contribution in [3.63, 3.8) is 0 Å². The van der Waals surface area contributed by atoms with E-state index in [-0.39, 0.29) is 6.10 Å². The van der Waals surface area contributed by atoms with Gasteiger partial charge in [0.25, 0.3) is 0 Å². The molecule has 0 bridgehead atoms. The van der Waals surface area contributed by atoms with Crippen LogP contribution in [-0.4, -0.2) is 23.9 Å². The number of aliphatic hydroxyl groups is 1. The second kappa shape index (κ2) is 2.03. The second-order valence-electron chi connectivity index (χ2n) is 2.47. The van der Waals surface area contributed by atoms with Crippen LogP contribution in [0.4, 0.5) is 0 Å². The van der Waals surface area contributed by atoms with Gasteiger partial charge in [-0.2, -0.15) is 0 Å². The van der Waals surface area contributed by atoms with Crippen molar-refractivity contribution in [3.05, 3.63) is 0 Å². The lowest BCUT2D eigenvalue weighted by Crippen LogP contribution is -2.18. The molecular weight excluding hydrogens is 104 g/mol. The summed E-state index contributed by atoms with van der Waals surface area (Å²) >= 11 is 0. The number of hydrogen-bond acceptors (Lipinski definition) is 2. The third-order valence-electron chi connectivity index (χ3n) is 1.71. The standard InChI is InChI=1S/C6H12O2/c1-4(5(2)7)6-3-8-6/h4-7H,3H2,1-2H3/t4-,5-,6+/m0/s1. The average Bonchev–Trinajstić information content (AvgIpc) is 2.43. The first-order valence-electron chi connectivity index (χ1n) is 3.01. The van der Waals surface area contributed by atoms with Gasteiger partial charge in [0.2, 0.25) is 0 Å². The van der Waals surface area contributed by atoms with Gasteiger partial charge in [-0.1, -0.05) is 6.92 Å². The van der Waals surface area contributed by atoms with E-state index in [9.17, 15) is 0 Å². The fraction of sp³-hybridized carbons (Fsp3) is 1.00. The zero-order valence-electron chi connectivity index (χ0n) is 5.29. The van der Waals surface area contributed by atoms with Gasteiger partial charge in [-0.25, -0.2) is 0 Å². The van der Waals surface area contributed by atoms with E-state index in [1.54, 1.807) is 6.92 Å². The molecule has 1 aliphatic rings. The zero-order valence-corrected chi connectivity index (χ0v) is 5.29. The lowest BCUT2D eigenvalue weighted by atomic mass is 10.0. The van der Waals surface area contributed by atoms with Crippen molar-refractivity contribution in [3.8, 4) is 0 Å². The van der Waals surface area contributed by atoms with Gasteiger partial charge in [-0.15, -0.1) is 0 Å². The van der Waals surface area contributed by atoms with Crippen molar-refractivity contribution in [1.82, 2.24) is 0 Å². The molecule has 1 rings (SSSR count). The van der Waals surface area contributed by atoms with Crippen LogP contribution in [0.15, 0.2) is 0 Å². The normalized spacial score (nSPS) is 34.1. The van der Waals surface area contributed by atoms with E-state index in [1.807, 2.05) is 6.92 Å². The minimum Gasteiger partial charge on any atom is -0.393 e. The Morgan fingerprint density at radius 1 is 1.62 bits per heavy atom. The van der Waals surface area contributed by atoms with Crippen molar-refractivity contribution in [1.29, 1.82) is 0 Å². The molecule has 0 saturated carbocycles. The Hall–Kier alpha value is -0.0800. The molecule has 48 valence electrons. The zero-order chi connectivity index (χ0) is 6.15. The van der Waals surface area contributed by atoms with Gasteiger partial charge in [0.05, 0.1) is 18.8 Å². The SMILES string of the molecule is C[C@@H]([C@H](C)O)[C@H]1CO1. The minimum atomic E-state index is -0.220. The van der Waals surface area contributed by atoms with Crippen molar-refractivity contribution in [2.45, 2.75) is 26.1 Å². The van der Waals surface area contributed by atoms with Crippen LogP contribution in [0.3, 0.4) is 0 Å². The molecule has 0 aromatic heterocycles. The number of epoxide rings is 1. The molecule has 1 N–H and O–H groups in total. The van der Waals surface area contributed by atoms with E-state index in [2.05, 4.69) is 0 Å². The quantitative estimate of drug-likeness (QED) is 0.530. The summed E-state index contributed by atoms with van der Waals surface area (Å²) < 4.78 is 4.97. The minimum absolute atomic E-state index is 0.220. The van der Waals surface area contributed by atoms with Crippen LogP contribution in [0.25, 0.3) is 0 Å². The Kier molecular flexibility index (Phi) is 1.54. The van der Waals surface area contributed by atoms with Gasteiger partial charge >= 0.3 is 0 Å². The highest BCUT2D eigenvalue weighted by atomic mass is 16.6. The summed E-state index contributed by atoms with van der Waals surface area (Å²) in [5.41, 5.74) is 0. The molecule has 1 saturated heterocycles. The molecule has 0 amide bonds. The topological polar surface area (TPSA) is 32.8 Å². The van der Waals surface area contributed by atoms with E-state index in [0.717, 1.165) is 6.61 Å². The largest absolute Gasteiger partial charge is 0.393 e. The number of hydrogen-bond donors (Lipinski definition) is 1. The van der Waals surface area contributed by atoms with Crippen LogP contribution in [0, 0.1) is 5.92 Å². The Balaban J connectivity index is 2.22. The van der Waals surface area contributed by atoms with Gasteiger partial charge in [0, 0.05) is 5.92 Å². The Morgan fingerprint density at radius 2 is 2.12 bits per heavy atom. The van der Waals surface area contributed by atoms with Crippen LogP contribution >= 0.6 is 0 Å². The van der Waals surface area contributed by atoms with Gasteiger partial charge in [0.1, 0.15) is 0 Å². The predicted octanol–water partition coefficient (Wildman–Crippen LogP) is 0.402. The highest BCUT2D eigenvalue weighted by Gasteiger charge is 2.31. The molecule has 8 heavy (non-hydrogen) atoms. The highest BCUT2D eigenvalue weighted by molar-refractivity contribution is 4.78. The van der Waals surface area contributed by atoms with E-state index in [4.69, 9.17) is 9.84 Å². The lowest BCUT2D eigenvalue weighted by molar-refractivity contribution is 0.115. The van der Waals surface area contributed by atoms with Crippen molar-refractivity contribution in [2.75, 3.05) is 6.61 Å². The molecule has 2 heteroatoms. The maximum Gasteiger partial charge on any atom is 0.0859 e. The van der Waals surface area contributed by atoms with Gasteiger partial charge in [0.15, 0.2) is 0 Å². The van der Waals surface area contributed by atoms with Crippen molar-refractivity contribution in [2.24, 2.45) is 5.92 Å². The van der Waals surface area contributed by atoms with E-state index in [0.29, 0.717) is 12.0 Å². The van der Waals surface area contributed by atoms with Crippen molar-refractivity contribution < 1.29 is 9.84 Å². The summed E-state index contributed by atoms with van der Waals surface area (Å²) in [5, 5.41) is 8.95.